The Morgan fingerprint density at radius 3 is 2.79 bits per heavy atom. The molecule has 10 heteroatoms. The number of hydrogen-bond donors (Lipinski definition) is 1. The molecule has 0 fully saturated rings. The van der Waals surface area contributed by atoms with Crippen molar-refractivity contribution in [3.63, 3.8) is 0 Å². The molecule has 4 aromatic rings. The first kappa shape index (κ1) is 18.3. The number of hydrogen-bond acceptors (Lipinski definition) is 8. The fraction of sp³-hybridized carbons (Fsp3) is 0.0556. The molecule has 0 radical (unpaired) electrons. The van der Waals surface area contributed by atoms with E-state index in [-0.39, 0.29) is 22.7 Å². The van der Waals surface area contributed by atoms with Crippen LogP contribution >= 0.6 is 23.1 Å². The van der Waals surface area contributed by atoms with E-state index in [0.29, 0.717) is 22.4 Å². The molecule has 1 N–H and O–H groups in total. The van der Waals surface area contributed by atoms with Gasteiger partial charge in [-0.05, 0) is 36.4 Å². The average Bonchev–Trinajstić information content (AvgIpc) is 3.37. The third kappa shape index (κ3) is 4.41. The smallest absolute Gasteiger partial charge is 0.277 e. The van der Waals surface area contributed by atoms with E-state index in [4.69, 9.17) is 4.42 Å². The van der Waals surface area contributed by atoms with Gasteiger partial charge in [-0.1, -0.05) is 17.8 Å². The molecule has 4 rings (SSSR count). The highest BCUT2D eigenvalue weighted by atomic mass is 32.2. The van der Waals surface area contributed by atoms with E-state index in [1.54, 1.807) is 35.8 Å². The van der Waals surface area contributed by atoms with Gasteiger partial charge in [-0.25, -0.2) is 9.37 Å². The summed E-state index contributed by atoms with van der Waals surface area (Å²) in [4.78, 5) is 20.6. The third-order valence-electron chi connectivity index (χ3n) is 3.51. The van der Waals surface area contributed by atoms with Gasteiger partial charge in [0.25, 0.3) is 11.1 Å². The number of halogens is 1. The second-order valence-corrected chi connectivity index (χ2v) is 7.25. The molecule has 7 nitrogen and oxygen atoms in total. The van der Waals surface area contributed by atoms with Crippen LogP contribution in [0.4, 0.5) is 9.52 Å². The molecule has 0 saturated carbocycles. The van der Waals surface area contributed by atoms with Gasteiger partial charge < -0.3 is 9.73 Å². The van der Waals surface area contributed by atoms with Crippen LogP contribution in [0.15, 0.2) is 63.7 Å². The summed E-state index contributed by atoms with van der Waals surface area (Å²) in [6, 6.07) is 11.4. The second kappa shape index (κ2) is 8.28. The number of nitrogens with zero attached hydrogens (tertiary/aromatic N) is 4. The molecule has 0 atom stereocenters. The van der Waals surface area contributed by atoms with E-state index in [0.717, 1.165) is 17.3 Å². The standard InChI is InChI=1S/C18H12FN5O2S2/c19-12-6-4-11(5-7-12)14-9-27-17(21-14)22-15(25)10-28-18-24-23-16(26-18)13-3-1-2-8-20-13/h1-9H,10H2,(H,21,22,25). The van der Waals surface area contributed by atoms with Crippen molar-refractivity contribution in [3.05, 3.63) is 59.9 Å². The van der Waals surface area contributed by atoms with Gasteiger partial charge in [0.2, 0.25) is 5.91 Å². The Labute approximate surface area is 167 Å². The van der Waals surface area contributed by atoms with Crippen molar-refractivity contribution >= 4 is 34.1 Å². The van der Waals surface area contributed by atoms with Crippen LogP contribution in [0.25, 0.3) is 22.8 Å². The van der Waals surface area contributed by atoms with Crippen molar-refractivity contribution in [2.75, 3.05) is 11.1 Å². The number of carbonyl (C=O) groups excluding carboxylic acids is 1. The van der Waals surface area contributed by atoms with Crippen molar-refractivity contribution in [1.82, 2.24) is 20.2 Å². The number of benzene rings is 1. The van der Waals surface area contributed by atoms with Crippen molar-refractivity contribution in [2.45, 2.75) is 5.22 Å². The number of aromatic nitrogens is 4. The van der Waals surface area contributed by atoms with Crippen LogP contribution in [-0.2, 0) is 4.79 Å². The fourth-order valence-electron chi connectivity index (χ4n) is 2.23. The van der Waals surface area contributed by atoms with Gasteiger partial charge in [-0.3, -0.25) is 9.78 Å². The van der Waals surface area contributed by atoms with E-state index in [1.807, 2.05) is 6.07 Å². The van der Waals surface area contributed by atoms with Crippen LogP contribution in [-0.4, -0.2) is 31.8 Å². The highest BCUT2D eigenvalue weighted by molar-refractivity contribution is 7.99. The highest BCUT2D eigenvalue weighted by Gasteiger charge is 2.13. The lowest BCUT2D eigenvalue weighted by Gasteiger charge is -1.99. The molecule has 0 spiro atoms. The molecule has 1 aromatic carbocycles. The number of thioether (sulfide) groups is 1. The van der Waals surface area contributed by atoms with Gasteiger partial charge in [0.05, 0.1) is 11.4 Å². The number of carbonyl (C=O) groups is 1. The fourth-order valence-corrected chi connectivity index (χ4v) is 3.53. The first-order valence-corrected chi connectivity index (χ1v) is 9.93. The molecule has 3 aromatic heterocycles. The van der Waals surface area contributed by atoms with Crippen LogP contribution in [0.2, 0.25) is 0 Å². The molecule has 0 aliphatic rings. The summed E-state index contributed by atoms with van der Waals surface area (Å²) >= 11 is 2.42. The minimum absolute atomic E-state index is 0.0926. The summed E-state index contributed by atoms with van der Waals surface area (Å²) in [5, 5.41) is 13.1. The van der Waals surface area contributed by atoms with Crippen LogP contribution in [0.1, 0.15) is 0 Å². The van der Waals surface area contributed by atoms with Gasteiger partial charge in [0, 0.05) is 17.1 Å². The minimum Gasteiger partial charge on any atom is -0.410 e. The lowest BCUT2D eigenvalue weighted by atomic mass is 10.2. The number of amides is 1. The SMILES string of the molecule is O=C(CSc1nnc(-c2ccccn2)o1)Nc1nc(-c2ccc(F)cc2)cs1. The molecule has 0 bridgehead atoms. The maximum atomic E-state index is 13.0. The van der Waals surface area contributed by atoms with Crippen LogP contribution in [0, 0.1) is 5.82 Å². The van der Waals surface area contributed by atoms with Crippen LogP contribution in [0.5, 0.6) is 0 Å². The quantitative estimate of drug-likeness (QED) is 0.475. The number of rotatable bonds is 6. The van der Waals surface area contributed by atoms with E-state index in [9.17, 15) is 9.18 Å². The first-order chi connectivity index (χ1) is 13.7. The number of nitrogens with one attached hydrogen (secondary N) is 1. The van der Waals surface area contributed by atoms with Crippen LogP contribution < -0.4 is 5.32 Å². The normalized spacial score (nSPS) is 10.8. The summed E-state index contributed by atoms with van der Waals surface area (Å²) in [5.74, 6) is -0.165. The summed E-state index contributed by atoms with van der Waals surface area (Å²) < 4.78 is 18.5. The Hall–Kier alpha value is -3.11. The molecule has 0 unspecified atom stereocenters. The zero-order chi connectivity index (χ0) is 19.3. The van der Waals surface area contributed by atoms with Crippen molar-refractivity contribution < 1.29 is 13.6 Å². The minimum atomic E-state index is -0.309. The second-order valence-electron chi connectivity index (χ2n) is 5.47. The first-order valence-electron chi connectivity index (χ1n) is 8.06. The van der Waals surface area contributed by atoms with Crippen molar-refractivity contribution in [3.8, 4) is 22.8 Å². The Kier molecular flexibility index (Phi) is 5.40. The van der Waals surface area contributed by atoms with Crippen LogP contribution in [0.3, 0.4) is 0 Å². The average molecular weight is 413 g/mol. The largest absolute Gasteiger partial charge is 0.410 e. The Morgan fingerprint density at radius 2 is 2.00 bits per heavy atom. The molecule has 0 saturated heterocycles. The third-order valence-corrected chi connectivity index (χ3v) is 5.08. The van der Waals surface area contributed by atoms with E-state index in [1.165, 1.54) is 23.5 Å². The number of anilines is 1. The molecular formula is C18H12FN5O2S2. The lowest BCUT2D eigenvalue weighted by molar-refractivity contribution is -0.113. The number of pyridine rings is 1. The maximum Gasteiger partial charge on any atom is 0.277 e. The number of thiazole rings is 1. The lowest BCUT2D eigenvalue weighted by Crippen LogP contribution is -2.13. The Morgan fingerprint density at radius 1 is 1.14 bits per heavy atom. The highest BCUT2D eigenvalue weighted by Crippen LogP contribution is 2.26. The zero-order valence-electron chi connectivity index (χ0n) is 14.2. The van der Waals surface area contributed by atoms with Gasteiger partial charge in [-0.15, -0.1) is 21.5 Å². The van der Waals surface area contributed by atoms with Gasteiger partial charge in [0.15, 0.2) is 5.13 Å². The van der Waals surface area contributed by atoms with E-state index >= 15 is 0 Å². The van der Waals surface area contributed by atoms with Gasteiger partial charge in [-0.2, -0.15) is 0 Å². The zero-order valence-corrected chi connectivity index (χ0v) is 15.8. The molecule has 1 amide bonds. The molecule has 0 aliphatic carbocycles. The van der Waals surface area contributed by atoms with E-state index < -0.39 is 0 Å². The molecule has 3 heterocycles. The predicted molar refractivity (Wildman–Crippen MR) is 104 cm³/mol. The monoisotopic (exact) mass is 413 g/mol. The van der Waals surface area contributed by atoms with Crippen molar-refractivity contribution in [2.24, 2.45) is 0 Å². The van der Waals surface area contributed by atoms with E-state index in [2.05, 4.69) is 25.5 Å². The summed E-state index contributed by atoms with van der Waals surface area (Å²) in [6.45, 7) is 0. The molecule has 28 heavy (non-hydrogen) atoms. The Balaban J connectivity index is 1.33. The molecule has 140 valence electrons. The maximum absolute atomic E-state index is 13.0. The molecule has 0 aliphatic heterocycles. The van der Waals surface area contributed by atoms with Gasteiger partial charge >= 0.3 is 0 Å². The summed E-state index contributed by atoms with van der Waals surface area (Å²) in [7, 11) is 0. The summed E-state index contributed by atoms with van der Waals surface area (Å²) in [6.07, 6.45) is 1.63. The topological polar surface area (TPSA) is 93.8 Å². The van der Waals surface area contributed by atoms with Crippen molar-refractivity contribution in [1.29, 1.82) is 0 Å². The predicted octanol–water partition coefficient (Wildman–Crippen LogP) is 4.13. The Bertz CT molecular complexity index is 1080. The summed E-state index contributed by atoms with van der Waals surface area (Å²) in [5.41, 5.74) is 2.02. The molecular weight excluding hydrogens is 401 g/mol. The van der Waals surface area contributed by atoms with Gasteiger partial charge in [0.1, 0.15) is 11.5 Å².